The summed E-state index contributed by atoms with van der Waals surface area (Å²) >= 11 is 0. The highest BCUT2D eigenvalue weighted by atomic mass is 16.6. The van der Waals surface area contributed by atoms with E-state index in [-0.39, 0.29) is 18.7 Å². The lowest BCUT2D eigenvalue weighted by atomic mass is 9.80. The molecule has 144 valence electrons. The molecule has 0 fully saturated rings. The first kappa shape index (κ1) is 21.1. The van der Waals surface area contributed by atoms with Crippen LogP contribution in [0.1, 0.15) is 51.2 Å². The zero-order chi connectivity index (χ0) is 20.4. The first-order valence-electron chi connectivity index (χ1n) is 7.70. The van der Waals surface area contributed by atoms with E-state index in [4.69, 9.17) is 0 Å². The Kier molecular flexibility index (Phi) is 5.80. The van der Waals surface area contributed by atoms with Crippen molar-refractivity contribution in [3.63, 3.8) is 0 Å². The lowest BCUT2D eigenvalue weighted by molar-refractivity contribution is -0.569. The van der Waals surface area contributed by atoms with Crippen molar-refractivity contribution in [2.24, 2.45) is 13.0 Å². The summed E-state index contributed by atoms with van der Waals surface area (Å²) in [5.74, 6) is -2.49. The maximum atomic E-state index is 12.9. The van der Waals surface area contributed by atoms with E-state index in [0.717, 1.165) is 10.8 Å². The van der Waals surface area contributed by atoms with Gasteiger partial charge in [0.05, 0.1) is 7.05 Å². The van der Waals surface area contributed by atoms with Gasteiger partial charge in [-0.1, -0.05) is 0 Å². The highest BCUT2D eigenvalue weighted by Gasteiger charge is 2.45. The number of Topliss-reactive ketones (excluding diaryl/α,β-unsaturated/α-hetero) is 1. The summed E-state index contributed by atoms with van der Waals surface area (Å²) in [6.45, 7) is 5.25. The fraction of sp³-hybridized carbons (Fsp3) is 0.714. The monoisotopic (exact) mass is 371 g/mol. The molecule has 0 amide bonds. The predicted octanol–water partition coefficient (Wildman–Crippen LogP) is 2.02. The molecule has 0 aliphatic heterocycles. The van der Waals surface area contributed by atoms with Gasteiger partial charge in [-0.25, -0.2) is 9.55 Å². The van der Waals surface area contributed by atoms with E-state index in [1.54, 1.807) is 0 Å². The molecule has 0 aliphatic carbocycles. The molecule has 0 radical (unpaired) electrons. The van der Waals surface area contributed by atoms with Crippen LogP contribution in [0.2, 0.25) is 0 Å². The molecule has 1 aromatic rings. The molecule has 12 heteroatoms. The Morgan fingerprint density at radius 2 is 1.50 bits per heavy atom. The Hall–Kier alpha value is -2.92. The van der Waals surface area contributed by atoms with Crippen LogP contribution in [0.5, 0.6) is 0 Å². The number of hydrogen-bond donors (Lipinski definition) is 0. The standard InChI is InChI=1S/C14H21N5O7/c1-13(2,18(23)24)6-9(7-14(3,4)19(25)26)11(20)12-15-8-10(16(12)5)17(21)22/h8-9H,6-7H2,1-5H3. The molecule has 26 heavy (non-hydrogen) atoms. The maximum absolute atomic E-state index is 12.9. The minimum Gasteiger partial charge on any atom is -0.358 e. The van der Waals surface area contributed by atoms with Gasteiger partial charge in [0.1, 0.15) is 6.20 Å². The fourth-order valence-corrected chi connectivity index (χ4v) is 2.59. The molecule has 0 saturated heterocycles. The van der Waals surface area contributed by atoms with E-state index in [1.807, 2.05) is 0 Å². The van der Waals surface area contributed by atoms with Crippen LogP contribution in [0.4, 0.5) is 5.82 Å². The number of nitro groups is 3. The molecule has 0 saturated carbocycles. The van der Waals surface area contributed by atoms with Gasteiger partial charge in [-0.15, -0.1) is 0 Å². The molecule has 12 nitrogen and oxygen atoms in total. The Balaban J connectivity index is 3.31. The van der Waals surface area contributed by atoms with Crippen molar-refractivity contribution >= 4 is 11.6 Å². The Labute approximate surface area is 148 Å². The van der Waals surface area contributed by atoms with E-state index >= 15 is 0 Å². The Morgan fingerprint density at radius 1 is 1.08 bits per heavy atom. The third-order valence-corrected chi connectivity index (χ3v) is 4.22. The van der Waals surface area contributed by atoms with Gasteiger partial charge in [0.25, 0.3) is 5.82 Å². The predicted molar refractivity (Wildman–Crippen MR) is 89.1 cm³/mol. The average Bonchev–Trinajstić information content (AvgIpc) is 2.86. The Bertz CT molecular complexity index is 725. The molecule has 1 rings (SSSR count). The third kappa shape index (κ3) is 4.37. The first-order chi connectivity index (χ1) is 11.7. The zero-order valence-electron chi connectivity index (χ0n) is 15.2. The number of carbonyl (C=O) groups excluding carboxylic acids is 1. The van der Waals surface area contributed by atoms with Gasteiger partial charge < -0.3 is 10.1 Å². The molecular formula is C14H21N5O7. The summed E-state index contributed by atoms with van der Waals surface area (Å²) < 4.78 is 0.966. The van der Waals surface area contributed by atoms with Gasteiger partial charge in [0.15, 0.2) is 0 Å². The van der Waals surface area contributed by atoms with E-state index in [2.05, 4.69) is 4.98 Å². The number of ketones is 1. The molecule has 0 aliphatic rings. The third-order valence-electron chi connectivity index (χ3n) is 4.22. The Morgan fingerprint density at radius 3 is 1.81 bits per heavy atom. The van der Waals surface area contributed by atoms with Crippen LogP contribution in [-0.4, -0.2) is 41.2 Å². The largest absolute Gasteiger partial charge is 0.358 e. The minimum atomic E-state index is -1.51. The van der Waals surface area contributed by atoms with Crippen molar-refractivity contribution in [3.8, 4) is 0 Å². The van der Waals surface area contributed by atoms with Crippen LogP contribution in [0, 0.1) is 36.3 Å². The summed E-state index contributed by atoms with van der Waals surface area (Å²) in [5.41, 5.74) is -3.02. The van der Waals surface area contributed by atoms with Gasteiger partial charge in [0, 0.05) is 56.3 Å². The number of hydrogen-bond acceptors (Lipinski definition) is 8. The van der Waals surface area contributed by atoms with Crippen LogP contribution >= 0.6 is 0 Å². The van der Waals surface area contributed by atoms with Gasteiger partial charge in [-0.3, -0.25) is 25.0 Å². The van der Waals surface area contributed by atoms with Gasteiger partial charge in [-0.05, 0) is 4.92 Å². The van der Waals surface area contributed by atoms with E-state index in [1.165, 1.54) is 34.7 Å². The summed E-state index contributed by atoms with van der Waals surface area (Å²) in [4.78, 5) is 48.1. The maximum Gasteiger partial charge on any atom is 0.343 e. The first-order valence-corrected chi connectivity index (χ1v) is 7.70. The second kappa shape index (κ2) is 7.14. The fourth-order valence-electron chi connectivity index (χ4n) is 2.59. The average molecular weight is 371 g/mol. The molecule has 1 aromatic heterocycles. The van der Waals surface area contributed by atoms with Crippen LogP contribution in [-0.2, 0) is 7.05 Å². The highest BCUT2D eigenvalue weighted by molar-refractivity contribution is 5.95. The molecule has 0 aromatic carbocycles. The SMILES string of the molecule is Cn1c([N+](=O)[O-])cnc1C(=O)C(CC(C)(C)[N+](=O)[O-])CC(C)(C)[N+](=O)[O-]. The van der Waals surface area contributed by atoms with Crippen molar-refractivity contribution in [1.29, 1.82) is 0 Å². The van der Waals surface area contributed by atoms with E-state index in [9.17, 15) is 35.1 Å². The number of nitrogens with zero attached hydrogens (tertiary/aromatic N) is 5. The van der Waals surface area contributed by atoms with Crippen molar-refractivity contribution in [2.75, 3.05) is 0 Å². The second-order valence-corrected chi connectivity index (χ2v) is 7.36. The van der Waals surface area contributed by atoms with Crippen molar-refractivity contribution in [2.45, 2.75) is 51.6 Å². The number of carbonyl (C=O) groups is 1. The number of aromatic nitrogens is 2. The van der Waals surface area contributed by atoms with Gasteiger partial charge in [-0.2, -0.15) is 0 Å². The minimum absolute atomic E-state index is 0.264. The molecule has 0 N–H and O–H groups in total. The quantitative estimate of drug-likeness (QED) is 0.361. The van der Waals surface area contributed by atoms with Crippen LogP contribution in [0.25, 0.3) is 0 Å². The molecule has 1 heterocycles. The molecular weight excluding hydrogens is 350 g/mol. The van der Waals surface area contributed by atoms with Gasteiger partial charge in [0.2, 0.25) is 16.9 Å². The molecule has 0 spiro atoms. The van der Waals surface area contributed by atoms with E-state index in [0.29, 0.717) is 0 Å². The lowest BCUT2D eigenvalue weighted by Gasteiger charge is -2.25. The zero-order valence-corrected chi connectivity index (χ0v) is 15.2. The number of rotatable bonds is 9. The normalized spacial score (nSPS) is 12.2. The van der Waals surface area contributed by atoms with Crippen LogP contribution in [0.3, 0.4) is 0 Å². The summed E-state index contributed by atoms with van der Waals surface area (Å²) in [6.07, 6.45) is 0.370. The lowest BCUT2D eigenvalue weighted by Crippen LogP contribution is -2.41. The highest BCUT2D eigenvalue weighted by Crippen LogP contribution is 2.31. The molecule has 0 unspecified atom stereocenters. The van der Waals surface area contributed by atoms with Crippen LogP contribution < -0.4 is 0 Å². The van der Waals surface area contributed by atoms with Crippen molar-refractivity contribution < 1.29 is 19.6 Å². The molecule has 0 atom stereocenters. The summed E-state index contributed by atoms with van der Waals surface area (Å²) in [7, 11) is 1.27. The van der Waals surface area contributed by atoms with Crippen molar-refractivity contribution in [3.05, 3.63) is 42.4 Å². The number of imidazole rings is 1. The van der Waals surface area contributed by atoms with Gasteiger partial charge >= 0.3 is 5.82 Å². The second-order valence-electron chi connectivity index (χ2n) is 7.36. The molecule has 0 bridgehead atoms. The summed E-state index contributed by atoms with van der Waals surface area (Å²) in [5, 5.41) is 33.4. The van der Waals surface area contributed by atoms with E-state index < -0.39 is 43.4 Å². The smallest absolute Gasteiger partial charge is 0.343 e. The topological polar surface area (TPSA) is 164 Å². The van der Waals surface area contributed by atoms with Crippen LogP contribution in [0.15, 0.2) is 6.20 Å². The summed E-state index contributed by atoms with van der Waals surface area (Å²) in [6, 6.07) is 0. The van der Waals surface area contributed by atoms with Crippen molar-refractivity contribution in [1.82, 2.24) is 9.55 Å².